The second-order valence-electron chi connectivity index (χ2n) is 5.49. The van der Waals surface area contributed by atoms with Gasteiger partial charge < -0.3 is 20.6 Å². The molecule has 0 radical (unpaired) electrons. The lowest BCUT2D eigenvalue weighted by molar-refractivity contribution is -0.139. The number of carboxylic acids is 1. The highest BCUT2D eigenvalue weighted by molar-refractivity contribution is 5.68. The fourth-order valence-electron chi connectivity index (χ4n) is 2.51. The lowest BCUT2D eigenvalue weighted by Gasteiger charge is -2.42. The number of carboxylic acid groups (broad SMARTS) is 1. The Kier molecular flexibility index (Phi) is 4.98. The zero-order valence-electron chi connectivity index (χ0n) is 11.9. The molecule has 0 aliphatic carbocycles. The predicted molar refractivity (Wildman–Crippen MR) is 80.2 cm³/mol. The van der Waals surface area contributed by atoms with Crippen molar-refractivity contribution >= 4 is 11.7 Å². The molecule has 0 saturated carbocycles. The van der Waals surface area contributed by atoms with E-state index < -0.39 is 5.97 Å². The van der Waals surface area contributed by atoms with Gasteiger partial charge in [0.2, 0.25) is 0 Å². The molecule has 2 rings (SSSR count). The molecule has 1 aliphatic heterocycles. The van der Waals surface area contributed by atoms with Gasteiger partial charge >= 0.3 is 5.97 Å². The normalized spacial score (nSPS) is 16.4. The van der Waals surface area contributed by atoms with E-state index in [4.69, 9.17) is 5.11 Å². The van der Waals surface area contributed by atoms with Crippen molar-refractivity contribution < 1.29 is 9.90 Å². The van der Waals surface area contributed by atoms with Crippen molar-refractivity contribution in [3.8, 4) is 0 Å². The number of hydrogen-bond acceptors (Lipinski definition) is 4. The van der Waals surface area contributed by atoms with Gasteiger partial charge in [0, 0.05) is 32.4 Å². The van der Waals surface area contributed by atoms with Gasteiger partial charge in [-0.2, -0.15) is 0 Å². The van der Waals surface area contributed by atoms with Crippen LogP contribution in [0.15, 0.2) is 30.3 Å². The number of nitrogens with zero attached hydrogens (tertiary/aromatic N) is 1. The molecule has 1 heterocycles. The van der Waals surface area contributed by atoms with Crippen LogP contribution in [0.4, 0.5) is 5.69 Å². The van der Waals surface area contributed by atoms with Crippen molar-refractivity contribution in [2.24, 2.45) is 0 Å². The van der Waals surface area contributed by atoms with Gasteiger partial charge in [0.1, 0.15) is 0 Å². The minimum absolute atomic E-state index is 0.189. The minimum atomic E-state index is -0.736. The van der Waals surface area contributed by atoms with Gasteiger partial charge in [-0.25, -0.2) is 0 Å². The molecule has 5 nitrogen and oxygen atoms in total. The van der Waals surface area contributed by atoms with Crippen LogP contribution < -0.4 is 15.5 Å². The highest BCUT2D eigenvalue weighted by atomic mass is 16.4. The third-order valence-corrected chi connectivity index (χ3v) is 3.78. The Hall–Kier alpha value is -1.59. The SMILES string of the molecule is CN(CCCNC1(CC(=O)O)CNC1)c1ccccc1. The lowest BCUT2D eigenvalue weighted by Crippen LogP contribution is -2.68. The summed E-state index contributed by atoms with van der Waals surface area (Å²) in [5.41, 5.74) is 0.968. The summed E-state index contributed by atoms with van der Waals surface area (Å²) in [6.07, 6.45) is 1.18. The average molecular weight is 277 g/mol. The van der Waals surface area contributed by atoms with E-state index >= 15 is 0 Å². The van der Waals surface area contributed by atoms with Crippen LogP contribution in [-0.4, -0.2) is 49.8 Å². The van der Waals surface area contributed by atoms with Crippen LogP contribution in [0, 0.1) is 0 Å². The zero-order valence-corrected chi connectivity index (χ0v) is 11.9. The number of aliphatic carboxylic acids is 1. The van der Waals surface area contributed by atoms with E-state index in [2.05, 4.69) is 34.7 Å². The minimum Gasteiger partial charge on any atom is -0.481 e. The lowest BCUT2D eigenvalue weighted by atomic mass is 9.88. The highest BCUT2D eigenvalue weighted by Crippen LogP contribution is 2.16. The molecular weight excluding hydrogens is 254 g/mol. The largest absolute Gasteiger partial charge is 0.481 e. The number of anilines is 1. The Labute approximate surface area is 120 Å². The number of para-hydroxylation sites is 1. The Morgan fingerprint density at radius 3 is 2.65 bits per heavy atom. The summed E-state index contributed by atoms with van der Waals surface area (Å²) in [5, 5.41) is 15.5. The first-order valence-corrected chi connectivity index (χ1v) is 7.05. The molecule has 110 valence electrons. The fourth-order valence-corrected chi connectivity index (χ4v) is 2.51. The van der Waals surface area contributed by atoms with Gasteiger partial charge in [-0.15, -0.1) is 0 Å². The third kappa shape index (κ3) is 3.95. The van der Waals surface area contributed by atoms with Crippen LogP contribution in [0.1, 0.15) is 12.8 Å². The van der Waals surface area contributed by atoms with E-state index in [1.165, 1.54) is 5.69 Å². The first-order valence-electron chi connectivity index (χ1n) is 7.05. The molecular formula is C15H23N3O2. The van der Waals surface area contributed by atoms with E-state index in [-0.39, 0.29) is 12.0 Å². The third-order valence-electron chi connectivity index (χ3n) is 3.78. The number of hydrogen-bond donors (Lipinski definition) is 3. The molecule has 1 fully saturated rings. The van der Waals surface area contributed by atoms with Crippen LogP contribution in [0.5, 0.6) is 0 Å². The average Bonchev–Trinajstić information content (AvgIpc) is 2.40. The second kappa shape index (κ2) is 6.72. The highest BCUT2D eigenvalue weighted by Gasteiger charge is 2.38. The summed E-state index contributed by atoms with van der Waals surface area (Å²) >= 11 is 0. The van der Waals surface area contributed by atoms with Crippen LogP contribution in [0.25, 0.3) is 0 Å². The maximum atomic E-state index is 10.9. The van der Waals surface area contributed by atoms with Crippen LogP contribution in [0.2, 0.25) is 0 Å². The van der Waals surface area contributed by atoms with Gasteiger partial charge in [0.25, 0.3) is 0 Å². The number of benzene rings is 1. The molecule has 1 saturated heterocycles. The van der Waals surface area contributed by atoms with Crippen molar-refractivity contribution in [1.82, 2.24) is 10.6 Å². The smallest absolute Gasteiger partial charge is 0.305 e. The molecule has 0 spiro atoms. The van der Waals surface area contributed by atoms with E-state index in [0.29, 0.717) is 0 Å². The molecule has 0 aromatic heterocycles. The molecule has 1 aromatic rings. The van der Waals surface area contributed by atoms with Crippen molar-refractivity contribution in [2.45, 2.75) is 18.4 Å². The van der Waals surface area contributed by atoms with Crippen LogP contribution in [0.3, 0.4) is 0 Å². The Morgan fingerprint density at radius 1 is 1.40 bits per heavy atom. The van der Waals surface area contributed by atoms with Crippen molar-refractivity contribution in [3.63, 3.8) is 0 Å². The predicted octanol–water partition coefficient (Wildman–Crippen LogP) is 0.919. The fraction of sp³-hybridized carbons (Fsp3) is 0.533. The van der Waals surface area contributed by atoms with Gasteiger partial charge in [-0.3, -0.25) is 4.79 Å². The molecule has 0 bridgehead atoms. The van der Waals surface area contributed by atoms with Gasteiger partial charge in [0.05, 0.1) is 12.0 Å². The quantitative estimate of drug-likeness (QED) is 0.617. The summed E-state index contributed by atoms with van der Waals surface area (Å²) in [7, 11) is 2.08. The van der Waals surface area contributed by atoms with E-state index in [9.17, 15) is 4.79 Å². The van der Waals surface area contributed by atoms with Gasteiger partial charge in [-0.1, -0.05) is 18.2 Å². The van der Waals surface area contributed by atoms with Gasteiger partial charge in [-0.05, 0) is 25.1 Å². The molecule has 3 N–H and O–H groups in total. The standard InChI is InChI=1S/C15H23N3O2/c1-18(13-6-3-2-4-7-13)9-5-8-17-15(10-14(19)20)11-16-12-15/h2-4,6-7,16-17H,5,8-12H2,1H3,(H,19,20). The van der Waals surface area contributed by atoms with Gasteiger partial charge in [0.15, 0.2) is 0 Å². The summed E-state index contributed by atoms with van der Waals surface area (Å²) in [6, 6.07) is 10.3. The maximum Gasteiger partial charge on any atom is 0.305 e. The van der Waals surface area contributed by atoms with Crippen LogP contribution in [-0.2, 0) is 4.79 Å². The molecule has 0 unspecified atom stereocenters. The first kappa shape index (κ1) is 14.8. The monoisotopic (exact) mass is 277 g/mol. The van der Waals surface area contributed by atoms with E-state index in [1.807, 2.05) is 18.2 Å². The first-order chi connectivity index (χ1) is 9.61. The second-order valence-corrected chi connectivity index (χ2v) is 5.49. The molecule has 5 heteroatoms. The molecule has 0 amide bonds. The molecule has 20 heavy (non-hydrogen) atoms. The summed E-state index contributed by atoms with van der Waals surface area (Å²) < 4.78 is 0. The van der Waals surface area contributed by atoms with Crippen molar-refractivity contribution in [3.05, 3.63) is 30.3 Å². The summed E-state index contributed by atoms with van der Waals surface area (Å²) in [6.45, 7) is 3.28. The maximum absolute atomic E-state index is 10.9. The number of rotatable bonds is 8. The van der Waals surface area contributed by atoms with E-state index in [1.54, 1.807) is 0 Å². The summed E-state index contributed by atoms with van der Waals surface area (Å²) in [5.74, 6) is -0.736. The Morgan fingerprint density at radius 2 is 2.10 bits per heavy atom. The molecule has 1 aromatic carbocycles. The molecule has 0 atom stereocenters. The van der Waals surface area contributed by atoms with Crippen LogP contribution >= 0.6 is 0 Å². The van der Waals surface area contributed by atoms with Crippen molar-refractivity contribution in [1.29, 1.82) is 0 Å². The number of carbonyl (C=O) groups is 1. The van der Waals surface area contributed by atoms with Crippen molar-refractivity contribution in [2.75, 3.05) is 38.1 Å². The zero-order chi connectivity index (χ0) is 14.4. The Balaban J connectivity index is 1.69. The Bertz CT molecular complexity index is 432. The number of nitrogens with one attached hydrogen (secondary N) is 2. The topological polar surface area (TPSA) is 64.6 Å². The summed E-state index contributed by atoms with van der Waals surface area (Å²) in [4.78, 5) is 13.1. The molecule has 1 aliphatic rings. The van der Waals surface area contributed by atoms with E-state index in [0.717, 1.165) is 32.6 Å².